The lowest BCUT2D eigenvalue weighted by atomic mass is 10.5. The normalized spacial score (nSPS) is 9.86. The van der Waals surface area contributed by atoms with Crippen LogP contribution in [0.1, 0.15) is 6.42 Å². The van der Waals surface area contributed by atoms with Crippen LogP contribution in [0.4, 0.5) is 0 Å². The van der Waals surface area contributed by atoms with Crippen LogP contribution in [0.15, 0.2) is 23.4 Å². The molecule has 0 fully saturated rings. The van der Waals surface area contributed by atoms with Gasteiger partial charge >= 0.3 is 0 Å². The molecule has 0 saturated heterocycles. The van der Waals surface area contributed by atoms with Gasteiger partial charge in [-0.1, -0.05) is 11.6 Å². The molecule has 3 N–H and O–H groups in total. The Bertz CT molecular complexity index is 304. The number of rotatable bonds is 4. The van der Waals surface area contributed by atoms with Crippen molar-refractivity contribution in [2.75, 3.05) is 5.75 Å². The first-order valence-corrected chi connectivity index (χ1v) is 5.32. The fraction of sp³-hybridized carbons (Fsp3) is 0.250. The second-order valence-electron chi connectivity index (χ2n) is 2.48. The highest BCUT2D eigenvalue weighted by Crippen LogP contribution is 2.17. The van der Waals surface area contributed by atoms with Gasteiger partial charge in [0.05, 0.1) is 10.0 Å². The smallest absolute Gasteiger partial charge is 0.234 e. The number of thioether (sulfide) groups is 1. The van der Waals surface area contributed by atoms with E-state index in [0.717, 1.165) is 5.03 Å². The quantitative estimate of drug-likeness (QED) is 0.354. The van der Waals surface area contributed by atoms with Crippen LogP contribution in [0.25, 0.3) is 0 Å². The summed E-state index contributed by atoms with van der Waals surface area (Å²) in [4.78, 5) is 14.8. The van der Waals surface area contributed by atoms with E-state index in [4.69, 9.17) is 17.4 Å². The Balaban J connectivity index is 2.31. The second-order valence-corrected chi connectivity index (χ2v) is 4.03. The molecule has 0 spiro atoms. The van der Waals surface area contributed by atoms with Crippen LogP contribution in [0.3, 0.4) is 0 Å². The summed E-state index contributed by atoms with van der Waals surface area (Å²) < 4.78 is 0. The number of nitrogens with zero attached hydrogens (tertiary/aromatic N) is 1. The van der Waals surface area contributed by atoms with Gasteiger partial charge in [0.25, 0.3) is 0 Å². The first-order chi connectivity index (χ1) is 6.72. The van der Waals surface area contributed by atoms with Gasteiger partial charge in [0.2, 0.25) is 5.91 Å². The van der Waals surface area contributed by atoms with Crippen molar-refractivity contribution >= 4 is 29.3 Å². The van der Waals surface area contributed by atoms with Crippen molar-refractivity contribution in [1.82, 2.24) is 10.4 Å². The van der Waals surface area contributed by atoms with Gasteiger partial charge in [-0.2, -0.15) is 0 Å². The molecule has 1 rings (SSSR count). The molecule has 0 unspecified atom stereocenters. The number of hydrazine groups is 1. The fourth-order valence-corrected chi connectivity index (χ4v) is 1.67. The highest BCUT2D eigenvalue weighted by atomic mass is 35.5. The van der Waals surface area contributed by atoms with E-state index in [1.807, 2.05) is 6.07 Å². The third kappa shape index (κ3) is 3.95. The number of amides is 1. The molecule has 1 aromatic heterocycles. The van der Waals surface area contributed by atoms with Crippen molar-refractivity contribution < 1.29 is 4.79 Å². The molecule has 0 atom stereocenters. The molecule has 1 amide bonds. The van der Waals surface area contributed by atoms with Gasteiger partial charge < -0.3 is 0 Å². The molecule has 0 saturated carbocycles. The third-order valence-corrected chi connectivity index (χ3v) is 2.61. The monoisotopic (exact) mass is 231 g/mol. The summed E-state index contributed by atoms with van der Waals surface area (Å²) >= 11 is 7.15. The minimum Gasteiger partial charge on any atom is -0.294 e. The Labute approximate surface area is 91.2 Å². The molecule has 6 heteroatoms. The van der Waals surface area contributed by atoms with Crippen molar-refractivity contribution in [3.05, 3.63) is 23.4 Å². The fourth-order valence-electron chi connectivity index (χ4n) is 0.768. The van der Waals surface area contributed by atoms with E-state index >= 15 is 0 Å². The van der Waals surface area contributed by atoms with Crippen molar-refractivity contribution in [3.8, 4) is 0 Å². The maximum absolute atomic E-state index is 10.8. The summed E-state index contributed by atoms with van der Waals surface area (Å²) in [5, 5.41) is 1.45. The topological polar surface area (TPSA) is 68.0 Å². The number of carbonyl (C=O) groups excluding carboxylic acids is 1. The summed E-state index contributed by atoms with van der Waals surface area (Å²) in [7, 11) is 0. The maximum Gasteiger partial charge on any atom is 0.234 e. The van der Waals surface area contributed by atoms with Gasteiger partial charge in [-0.05, 0) is 12.1 Å². The van der Waals surface area contributed by atoms with Crippen LogP contribution in [-0.2, 0) is 4.79 Å². The van der Waals surface area contributed by atoms with Crippen LogP contribution >= 0.6 is 23.4 Å². The summed E-state index contributed by atoms with van der Waals surface area (Å²) in [5.41, 5.74) is 2.07. The number of nitrogens with one attached hydrogen (secondary N) is 1. The molecule has 1 heterocycles. The van der Waals surface area contributed by atoms with Crippen molar-refractivity contribution in [2.45, 2.75) is 11.4 Å². The van der Waals surface area contributed by atoms with E-state index < -0.39 is 0 Å². The third-order valence-electron chi connectivity index (χ3n) is 1.44. The van der Waals surface area contributed by atoms with Crippen LogP contribution in [0.5, 0.6) is 0 Å². The molecule has 0 aliphatic heterocycles. The molecule has 0 bridgehead atoms. The lowest BCUT2D eigenvalue weighted by Gasteiger charge is -1.99. The van der Waals surface area contributed by atoms with E-state index in [2.05, 4.69) is 10.4 Å². The number of pyridine rings is 1. The zero-order valence-corrected chi connectivity index (χ0v) is 8.94. The van der Waals surface area contributed by atoms with Crippen molar-refractivity contribution in [3.63, 3.8) is 0 Å². The predicted octanol–water partition coefficient (Wildman–Crippen LogP) is 1.21. The first-order valence-electron chi connectivity index (χ1n) is 3.96. The Kier molecular flexibility index (Phi) is 4.72. The number of hydrogen-bond acceptors (Lipinski definition) is 4. The molecule has 76 valence electrons. The van der Waals surface area contributed by atoms with Crippen molar-refractivity contribution in [1.29, 1.82) is 0 Å². The number of carbonyl (C=O) groups is 1. The molecule has 0 radical (unpaired) electrons. The minimum absolute atomic E-state index is 0.175. The van der Waals surface area contributed by atoms with Gasteiger partial charge in [0, 0.05) is 18.4 Å². The Morgan fingerprint density at radius 1 is 1.64 bits per heavy atom. The minimum atomic E-state index is -0.175. The number of hydrogen-bond donors (Lipinski definition) is 2. The predicted molar refractivity (Wildman–Crippen MR) is 56.9 cm³/mol. The van der Waals surface area contributed by atoms with Gasteiger partial charge in [-0.15, -0.1) is 11.8 Å². The highest BCUT2D eigenvalue weighted by Gasteiger charge is 2.00. The van der Waals surface area contributed by atoms with Gasteiger partial charge in [0.1, 0.15) is 0 Å². The van der Waals surface area contributed by atoms with Crippen LogP contribution in [-0.4, -0.2) is 16.6 Å². The van der Waals surface area contributed by atoms with Crippen molar-refractivity contribution in [2.24, 2.45) is 5.84 Å². The van der Waals surface area contributed by atoms with E-state index in [1.54, 1.807) is 12.3 Å². The Morgan fingerprint density at radius 2 is 2.43 bits per heavy atom. The van der Waals surface area contributed by atoms with E-state index in [-0.39, 0.29) is 5.91 Å². The maximum atomic E-state index is 10.8. The largest absolute Gasteiger partial charge is 0.294 e. The molecule has 14 heavy (non-hydrogen) atoms. The molecule has 0 aromatic carbocycles. The molecule has 0 aliphatic carbocycles. The molecular weight excluding hydrogens is 222 g/mol. The standard InChI is InChI=1S/C8H10ClN3OS/c9-6-1-2-8(11-5-6)14-4-3-7(13)12-10/h1-2,5H,3-4,10H2,(H,12,13). The van der Waals surface area contributed by atoms with E-state index in [1.165, 1.54) is 11.8 Å². The molecule has 4 nitrogen and oxygen atoms in total. The average molecular weight is 232 g/mol. The zero-order chi connectivity index (χ0) is 10.4. The molecular formula is C8H10ClN3OS. The summed E-state index contributed by atoms with van der Waals surface area (Å²) in [6.07, 6.45) is 1.96. The molecule has 0 aliphatic rings. The highest BCUT2D eigenvalue weighted by molar-refractivity contribution is 7.99. The second kappa shape index (κ2) is 5.85. The molecule has 1 aromatic rings. The Hall–Kier alpha value is -0.780. The summed E-state index contributed by atoms with van der Waals surface area (Å²) in [6.45, 7) is 0. The van der Waals surface area contributed by atoms with Crippen LogP contribution in [0, 0.1) is 0 Å². The number of nitrogens with two attached hydrogens (primary N) is 1. The zero-order valence-electron chi connectivity index (χ0n) is 7.37. The SMILES string of the molecule is NNC(=O)CCSc1ccc(Cl)cn1. The van der Waals surface area contributed by atoms with E-state index in [9.17, 15) is 4.79 Å². The van der Waals surface area contributed by atoms with Gasteiger partial charge in [-0.25, -0.2) is 10.8 Å². The first kappa shape index (κ1) is 11.3. The summed E-state index contributed by atoms with van der Waals surface area (Å²) in [5.74, 6) is 5.41. The lowest BCUT2D eigenvalue weighted by molar-refractivity contribution is -0.120. The Morgan fingerprint density at radius 3 is 3.00 bits per heavy atom. The average Bonchev–Trinajstić information content (AvgIpc) is 2.21. The number of halogens is 1. The van der Waals surface area contributed by atoms with Crippen LogP contribution < -0.4 is 11.3 Å². The lowest BCUT2D eigenvalue weighted by Crippen LogP contribution is -2.30. The summed E-state index contributed by atoms with van der Waals surface area (Å²) in [6, 6.07) is 3.58. The van der Waals surface area contributed by atoms with Gasteiger partial charge in [0.15, 0.2) is 0 Å². The van der Waals surface area contributed by atoms with E-state index in [0.29, 0.717) is 17.2 Å². The van der Waals surface area contributed by atoms with Gasteiger partial charge in [-0.3, -0.25) is 10.2 Å². The van der Waals surface area contributed by atoms with Crippen LogP contribution in [0.2, 0.25) is 5.02 Å². The number of aromatic nitrogens is 1.